The lowest BCUT2D eigenvalue weighted by Crippen LogP contribution is -2.44. The summed E-state index contributed by atoms with van der Waals surface area (Å²) in [4.78, 5) is 12.2. The topological polar surface area (TPSA) is 68.1 Å². The van der Waals surface area contributed by atoms with Crippen molar-refractivity contribution in [3.63, 3.8) is 0 Å². The van der Waals surface area contributed by atoms with Gasteiger partial charge in [0.15, 0.2) is 0 Å². The van der Waals surface area contributed by atoms with Gasteiger partial charge in [0.2, 0.25) is 5.95 Å². The van der Waals surface area contributed by atoms with Crippen LogP contribution in [-0.2, 0) is 0 Å². The van der Waals surface area contributed by atoms with Gasteiger partial charge < -0.3 is 10.2 Å². The molecule has 7 heteroatoms. The third-order valence-electron chi connectivity index (χ3n) is 3.86. The van der Waals surface area contributed by atoms with Crippen molar-refractivity contribution in [1.82, 2.24) is 14.3 Å². The van der Waals surface area contributed by atoms with Crippen molar-refractivity contribution in [2.75, 3.05) is 43.4 Å². The van der Waals surface area contributed by atoms with Crippen LogP contribution in [0.2, 0.25) is 0 Å². The molecule has 24 heavy (non-hydrogen) atoms. The lowest BCUT2D eigenvalue weighted by molar-refractivity contribution is 0.426. The Hall–Kier alpha value is -2.30. The maximum Gasteiger partial charge on any atom is 0.226 e. The molecule has 0 unspecified atom stereocenters. The number of nitrogens with zero attached hydrogens (tertiary/aromatic N) is 5. The van der Waals surface area contributed by atoms with Crippen molar-refractivity contribution in [3.8, 4) is 6.07 Å². The fourth-order valence-electron chi connectivity index (χ4n) is 2.56. The van der Waals surface area contributed by atoms with Crippen LogP contribution in [0.15, 0.2) is 35.2 Å². The molecule has 0 atom stereocenters. The fraction of sp³-hybridized carbons (Fsp3) is 0.353. The van der Waals surface area contributed by atoms with Gasteiger partial charge in [0.1, 0.15) is 11.8 Å². The molecule has 2 aromatic rings. The van der Waals surface area contributed by atoms with E-state index in [9.17, 15) is 0 Å². The summed E-state index contributed by atoms with van der Waals surface area (Å²) in [6.07, 6.45) is 0. The van der Waals surface area contributed by atoms with Gasteiger partial charge in [-0.1, -0.05) is 0 Å². The molecule has 1 N–H and O–H groups in total. The van der Waals surface area contributed by atoms with Gasteiger partial charge in [0.05, 0.1) is 0 Å². The Labute approximate surface area is 146 Å². The molecule has 1 fully saturated rings. The molecule has 0 aliphatic carbocycles. The van der Waals surface area contributed by atoms with E-state index < -0.39 is 0 Å². The summed E-state index contributed by atoms with van der Waals surface area (Å²) >= 11 is 1.78. The van der Waals surface area contributed by atoms with E-state index in [0.717, 1.165) is 37.6 Å². The minimum atomic E-state index is 0.430. The standard InChI is InChI=1S/C17H20N6S/c1-13-11-15(12-18)21-17(20-13)22-7-9-23(10-8-22)24-16-5-3-14(19-2)4-6-16/h3-6,11,19H,7-10H2,1-2H3. The predicted octanol–water partition coefficient (Wildman–Crippen LogP) is 2.53. The summed E-state index contributed by atoms with van der Waals surface area (Å²) in [6.45, 7) is 5.47. The highest BCUT2D eigenvalue weighted by atomic mass is 32.2. The molecule has 1 aliphatic rings. The van der Waals surface area contributed by atoms with Gasteiger partial charge in [-0.25, -0.2) is 14.3 Å². The first-order chi connectivity index (χ1) is 11.7. The molecule has 0 bridgehead atoms. The average Bonchev–Trinajstić information content (AvgIpc) is 2.62. The van der Waals surface area contributed by atoms with Gasteiger partial charge >= 0.3 is 0 Å². The number of aryl methyl sites for hydroxylation is 1. The van der Waals surface area contributed by atoms with Gasteiger partial charge in [0.25, 0.3) is 0 Å². The van der Waals surface area contributed by atoms with Crippen molar-refractivity contribution >= 4 is 23.6 Å². The summed E-state index contributed by atoms with van der Waals surface area (Å²) in [5, 5.41) is 12.2. The van der Waals surface area contributed by atoms with Crippen molar-refractivity contribution in [1.29, 1.82) is 5.26 Å². The van der Waals surface area contributed by atoms with Crippen LogP contribution in [-0.4, -0.2) is 47.5 Å². The first-order valence-corrected chi connectivity index (χ1v) is 8.67. The van der Waals surface area contributed by atoms with Crippen molar-refractivity contribution in [3.05, 3.63) is 41.7 Å². The molecule has 1 aliphatic heterocycles. The molecule has 2 heterocycles. The minimum Gasteiger partial charge on any atom is -0.388 e. The summed E-state index contributed by atoms with van der Waals surface area (Å²) in [5.41, 5.74) is 2.38. The number of rotatable bonds is 4. The second kappa shape index (κ2) is 7.51. The second-order valence-corrected chi connectivity index (χ2v) is 6.76. The lowest BCUT2D eigenvalue weighted by atomic mass is 10.3. The van der Waals surface area contributed by atoms with Crippen LogP contribution in [0.1, 0.15) is 11.4 Å². The van der Waals surface area contributed by atoms with E-state index in [2.05, 4.69) is 54.8 Å². The number of hydrogen-bond donors (Lipinski definition) is 1. The van der Waals surface area contributed by atoms with E-state index in [1.165, 1.54) is 4.90 Å². The molecule has 124 valence electrons. The molecule has 1 saturated heterocycles. The molecule has 1 aromatic carbocycles. The highest BCUT2D eigenvalue weighted by molar-refractivity contribution is 7.97. The fourth-order valence-corrected chi connectivity index (χ4v) is 3.46. The zero-order valence-electron chi connectivity index (χ0n) is 13.9. The molecule has 0 spiro atoms. The Morgan fingerprint density at radius 2 is 1.83 bits per heavy atom. The first-order valence-electron chi connectivity index (χ1n) is 7.89. The number of anilines is 2. The SMILES string of the molecule is CNc1ccc(SN2CCN(c3nc(C)cc(C#N)n3)CC2)cc1. The first kappa shape index (κ1) is 16.6. The Balaban J connectivity index is 1.59. The molecule has 0 amide bonds. The zero-order valence-corrected chi connectivity index (χ0v) is 14.7. The number of piperazine rings is 1. The van der Waals surface area contributed by atoms with Gasteiger partial charge in [-0.05, 0) is 49.2 Å². The Kier molecular flexibility index (Phi) is 5.18. The van der Waals surface area contributed by atoms with E-state index in [1.807, 2.05) is 14.0 Å². The van der Waals surface area contributed by atoms with Crippen LogP contribution < -0.4 is 10.2 Å². The third-order valence-corrected chi connectivity index (χ3v) is 4.96. The smallest absolute Gasteiger partial charge is 0.226 e. The second-order valence-electron chi connectivity index (χ2n) is 5.59. The highest BCUT2D eigenvalue weighted by Crippen LogP contribution is 2.26. The normalized spacial score (nSPS) is 15.1. The maximum atomic E-state index is 9.05. The molecule has 3 rings (SSSR count). The van der Waals surface area contributed by atoms with Crippen LogP contribution in [0.4, 0.5) is 11.6 Å². The third kappa shape index (κ3) is 3.96. The van der Waals surface area contributed by atoms with Crippen LogP contribution >= 0.6 is 11.9 Å². The van der Waals surface area contributed by atoms with Crippen LogP contribution in [0.25, 0.3) is 0 Å². The van der Waals surface area contributed by atoms with Crippen LogP contribution in [0.3, 0.4) is 0 Å². The van der Waals surface area contributed by atoms with E-state index in [0.29, 0.717) is 11.6 Å². The van der Waals surface area contributed by atoms with Crippen molar-refractivity contribution < 1.29 is 0 Å². The van der Waals surface area contributed by atoms with Crippen molar-refractivity contribution in [2.24, 2.45) is 0 Å². The number of benzene rings is 1. The van der Waals surface area contributed by atoms with Gasteiger partial charge in [-0.2, -0.15) is 5.26 Å². The number of hydrogen-bond acceptors (Lipinski definition) is 7. The molecular weight excluding hydrogens is 320 g/mol. The molecule has 0 radical (unpaired) electrons. The van der Waals surface area contributed by atoms with E-state index in [1.54, 1.807) is 18.0 Å². The predicted molar refractivity (Wildman–Crippen MR) is 97.1 cm³/mol. The molecule has 1 aromatic heterocycles. The highest BCUT2D eigenvalue weighted by Gasteiger charge is 2.20. The minimum absolute atomic E-state index is 0.430. The average molecular weight is 340 g/mol. The lowest BCUT2D eigenvalue weighted by Gasteiger charge is -2.33. The van der Waals surface area contributed by atoms with E-state index in [-0.39, 0.29) is 0 Å². The monoisotopic (exact) mass is 340 g/mol. The van der Waals surface area contributed by atoms with Gasteiger partial charge in [-0.3, -0.25) is 0 Å². The van der Waals surface area contributed by atoms with E-state index in [4.69, 9.17) is 5.26 Å². The molecular formula is C17H20N6S. The maximum absolute atomic E-state index is 9.05. The molecule has 6 nitrogen and oxygen atoms in total. The van der Waals surface area contributed by atoms with Gasteiger partial charge in [0, 0.05) is 49.5 Å². The summed E-state index contributed by atoms with van der Waals surface area (Å²) in [5.74, 6) is 0.662. The largest absolute Gasteiger partial charge is 0.388 e. The van der Waals surface area contributed by atoms with Crippen molar-refractivity contribution in [2.45, 2.75) is 11.8 Å². The summed E-state index contributed by atoms with van der Waals surface area (Å²) in [7, 11) is 1.92. The summed E-state index contributed by atoms with van der Waals surface area (Å²) < 4.78 is 2.35. The quantitative estimate of drug-likeness (QED) is 0.858. The zero-order chi connectivity index (χ0) is 16.9. The molecule has 0 saturated carbocycles. The number of aromatic nitrogens is 2. The Morgan fingerprint density at radius 1 is 1.12 bits per heavy atom. The number of nitrogens with one attached hydrogen (secondary N) is 1. The van der Waals surface area contributed by atoms with Crippen LogP contribution in [0.5, 0.6) is 0 Å². The number of nitriles is 1. The Morgan fingerprint density at radius 3 is 2.46 bits per heavy atom. The summed E-state index contributed by atoms with van der Waals surface area (Å²) in [6, 6.07) is 12.2. The Bertz CT molecular complexity index is 732. The van der Waals surface area contributed by atoms with Crippen LogP contribution in [0, 0.1) is 18.3 Å². The van der Waals surface area contributed by atoms with Gasteiger partial charge in [-0.15, -0.1) is 0 Å². The van der Waals surface area contributed by atoms with E-state index >= 15 is 0 Å².